The van der Waals surface area contributed by atoms with E-state index >= 15 is 0 Å². The number of phosphoric acid groups is 1. The summed E-state index contributed by atoms with van der Waals surface area (Å²) in [6.07, 6.45) is 32.0. The maximum absolute atomic E-state index is 12.4. The van der Waals surface area contributed by atoms with Gasteiger partial charge in [-0.1, -0.05) is 128 Å². The van der Waals surface area contributed by atoms with Crippen LogP contribution < -0.4 is 5.32 Å². The zero-order chi connectivity index (χ0) is 29.7. The molecule has 4 N–H and O–H groups in total. The second kappa shape index (κ2) is 28.2. The molecule has 0 heterocycles. The fourth-order valence-electron chi connectivity index (χ4n) is 4.63. The van der Waals surface area contributed by atoms with Crippen LogP contribution in [-0.2, 0) is 13.9 Å². The van der Waals surface area contributed by atoms with Gasteiger partial charge in [0.2, 0.25) is 5.91 Å². The van der Waals surface area contributed by atoms with Gasteiger partial charge in [0.25, 0.3) is 0 Å². The molecule has 236 valence electrons. The Morgan fingerprint density at radius 2 is 1.12 bits per heavy atom. The number of phosphoric ester groups is 1. The van der Waals surface area contributed by atoms with Crippen molar-refractivity contribution < 1.29 is 28.8 Å². The highest BCUT2D eigenvalue weighted by molar-refractivity contribution is 7.46. The molecule has 0 aliphatic heterocycles. The van der Waals surface area contributed by atoms with Crippen molar-refractivity contribution in [1.29, 1.82) is 0 Å². The van der Waals surface area contributed by atoms with E-state index in [2.05, 4.69) is 35.8 Å². The molecular formula is C32H62NO6P. The van der Waals surface area contributed by atoms with Crippen LogP contribution in [0.5, 0.6) is 0 Å². The van der Waals surface area contributed by atoms with Crippen LogP contribution in [-0.4, -0.2) is 39.6 Å². The smallest absolute Gasteiger partial charge is 0.387 e. The predicted octanol–water partition coefficient (Wildman–Crippen LogP) is 8.68. The van der Waals surface area contributed by atoms with Crippen LogP contribution in [0.4, 0.5) is 0 Å². The third-order valence-electron chi connectivity index (χ3n) is 7.15. The monoisotopic (exact) mass is 587 g/mol. The SMILES string of the molecule is CCCCCCCC/C=C/CCCCCCCC(=O)N[C@@H](COP(=O)(O)O)[C@H](O)/C=C/CCCCCCCCC. The molecule has 0 unspecified atom stereocenters. The zero-order valence-electron chi connectivity index (χ0n) is 25.7. The summed E-state index contributed by atoms with van der Waals surface area (Å²) in [5.74, 6) is -0.239. The fraction of sp³-hybridized carbons (Fsp3) is 0.844. The molecule has 8 heteroatoms. The number of carbonyl (C=O) groups is 1. The number of hydrogen-bond acceptors (Lipinski definition) is 4. The first-order valence-corrected chi connectivity index (χ1v) is 17.8. The van der Waals surface area contributed by atoms with Gasteiger partial charge >= 0.3 is 7.82 Å². The molecule has 0 bridgehead atoms. The minimum absolute atomic E-state index is 0.239. The first-order chi connectivity index (χ1) is 19.3. The molecular weight excluding hydrogens is 525 g/mol. The molecule has 0 aromatic heterocycles. The quantitative estimate of drug-likeness (QED) is 0.0395. The average molecular weight is 588 g/mol. The van der Waals surface area contributed by atoms with E-state index in [1.807, 2.05) is 6.08 Å². The maximum atomic E-state index is 12.4. The van der Waals surface area contributed by atoms with Crippen LogP contribution in [0.2, 0.25) is 0 Å². The van der Waals surface area contributed by atoms with Gasteiger partial charge in [0.05, 0.1) is 18.8 Å². The number of unbranched alkanes of at least 4 members (excludes halogenated alkanes) is 18. The summed E-state index contributed by atoms with van der Waals surface area (Å²) in [6.45, 7) is 4.00. The third-order valence-corrected chi connectivity index (χ3v) is 7.64. The number of rotatable bonds is 29. The Hall–Kier alpha value is -0.980. The lowest BCUT2D eigenvalue weighted by molar-refractivity contribution is -0.123. The molecule has 0 saturated carbocycles. The van der Waals surface area contributed by atoms with Gasteiger partial charge in [-0.25, -0.2) is 4.57 Å². The molecule has 40 heavy (non-hydrogen) atoms. The average Bonchev–Trinajstić information content (AvgIpc) is 2.91. The van der Waals surface area contributed by atoms with E-state index in [4.69, 9.17) is 9.79 Å². The van der Waals surface area contributed by atoms with Gasteiger partial charge < -0.3 is 20.2 Å². The number of carbonyl (C=O) groups excluding carboxylic acids is 1. The van der Waals surface area contributed by atoms with Crippen LogP contribution in [0.3, 0.4) is 0 Å². The highest BCUT2D eigenvalue weighted by Gasteiger charge is 2.24. The highest BCUT2D eigenvalue weighted by Crippen LogP contribution is 2.35. The van der Waals surface area contributed by atoms with Crippen molar-refractivity contribution >= 4 is 13.7 Å². The van der Waals surface area contributed by atoms with E-state index in [1.54, 1.807) is 6.08 Å². The molecule has 0 aromatic rings. The Morgan fingerprint density at radius 1 is 0.700 bits per heavy atom. The molecule has 7 nitrogen and oxygen atoms in total. The van der Waals surface area contributed by atoms with E-state index in [0.29, 0.717) is 6.42 Å². The highest BCUT2D eigenvalue weighted by atomic mass is 31.2. The molecule has 1 amide bonds. The Labute approximate surface area is 245 Å². The Morgan fingerprint density at radius 3 is 1.60 bits per heavy atom. The van der Waals surface area contributed by atoms with E-state index < -0.39 is 26.6 Å². The molecule has 2 atom stereocenters. The van der Waals surface area contributed by atoms with Crippen molar-refractivity contribution in [2.75, 3.05) is 6.61 Å². The van der Waals surface area contributed by atoms with E-state index in [-0.39, 0.29) is 5.91 Å². The standard InChI is InChI=1S/C32H62NO6P/c1-3-5-7-9-11-13-14-15-16-17-18-20-22-24-26-28-32(35)33-30(29-39-40(36,37)38)31(34)27-25-23-21-19-12-10-8-6-4-2/h15-16,25,27,30-31,34H,3-14,17-24,26,28-29H2,1-2H3,(H,33,35)(H2,36,37,38)/b16-15+,27-25+/t30-,31+/m0/s1. The first kappa shape index (κ1) is 39.0. The van der Waals surface area contributed by atoms with Gasteiger partial charge in [-0.15, -0.1) is 0 Å². The second-order valence-electron chi connectivity index (χ2n) is 11.1. The molecule has 0 spiro atoms. The first-order valence-electron chi connectivity index (χ1n) is 16.3. The summed E-state index contributed by atoms with van der Waals surface area (Å²) in [4.78, 5) is 30.5. The summed E-state index contributed by atoms with van der Waals surface area (Å²) < 4.78 is 15.7. The summed E-state index contributed by atoms with van der Waals surface area (Å²) in [7, 11) is -4.70. The van der Waals surface area contributed by atoms with Crippen LogP contribution in [0.25, 0.3) is 0 Å². The molecule has 0 rings (SSSR count). The Balaban J connectivity index is 4.10. The van der Waals surface area contributed by atoms with E-state index in [1.165, 1.54) is 83.5 Å². The van der Waals surface area contributed by atoms with Crippen LogP contribution in [0, 0.1) is 0 Å². The van der Waals surface area contributed by atoms with Gasteiger partial charge in [-0.2, -0.15) is 0 Å². The molecule has 0 aromatic carbocycles. The van der Waals surface area contributed by atoms with Crippen molar-refractivity contribution in [3.63, 3.8) is 0 Å². The molecule has 0 radical (unpaired) electrons. The summed E-state index contributed by atoms with van der Waals surface area (Å²) >= 11 is 0. The van der Waals surface area contributed by atoms with Gasteiger partial charge in [0.1, 0.15) is 0 Å². The number of allylic oxidation sites excluding steroid dienone is 3. The largest absolute Gasteiger partial charge is 0.469 e. The topological polar surface area (TPSA) is 116 Å². The van der Waals surface area contributed by atoms with E-state index in [9.17, 15) is 14.5 Å². The van der Waals surface area contributed by atoms with Crippen molar-refractivity contribution in [3.05, 3.63) is 24.3 Å². The lowest BCUT2D eigenvalue weighted by atomic mass is 10.1. The van der Waals surface area contributed by atoms with Gasteiger partial charge in [-0.05, 0) is 44.9 Å². The van der Waals surface area contributed by atoms with Crippen molar-refractivity contribution in [1.82, 2.24) is 5.32 Å². The molecule has 0 aliphatic rings. The third kappa shape index (κ3) is 28.5. The number of nitrogens with one attached hydrogen (secondary N) is 1. The normalized spacial score (nSPS) is 13.8. The summed E-state index contributed by atoms with van der Waals surface area (Å²) in [5.41, 5.74) is 0. The Bertz CT molecular complexity index is 678. The number of hydrogen-bond donors (Lipinski definition) is 4. The molecule has 0 fully saturated rings. The lowest BCUT2D eigenvalue weighted by Gasteiger charge is -2.22. The van der Waals surface area contributed by atoms with Crippen molar-refractivity contribution in [2.24, 2.45) is 0 Å². The predicted molar refractivity (Wildman–Crippen MR) is 167 cm³/mol. The van der Waals surface area contributed by atoms with E-state index in [0.717, 1.165) is 51.4 Å². The van der Waals surface area contributed by atoms with Crippen molar-refractivity contribution in [2.45, 2.75) is 167 Å². The van der Waals surface area contributed by atoms with Gasteiger partial charge in [0, 0.05) is 6.42 Å². The minimum Gasteiger partial charge on any atom is -0.387 e. The van der Waals surface area contributed by atoms with Crippen LogP contribution in [0.15, 0.2) is 24.3 Å². The fourth-order valence-corrected chi connectivity index (χ4v) is 4.98. The lowest BCUT2D eigenvalue weighted by Crippen LogP contribution is -2.45. The molecule has 0 aliphatic carbocycles. The number of aliphatic hydroxyl groups excluding tert-OH is 1. The van der Waals surface area contributed by atoms with Gasteiger partial charge in [-0.3, -0.25) is 9.32 Å². The summed E-state index contributed by atoms with van der Waals surface area (Å²) in [5, 5.41) is 13.2. The Kier molecular flexibility index (Phi) is 27.5. The van der Waals surface area contributed by atoms with Crippen molar-refractivity contribution in [3.8, 4) is 0 Å². The number of amides is 1. The zero-order valence-corrected chi connectivity index (χ0v) is 26.6. The minimum atomic E-state index is -4.70. The second-order valence-corrected chi connectivity index (χ2v) is 12.4. The van der Waals surface area contributed by atoms with Crippen LogP contribution in [0.1, 0.15) is 155 Å². The van der Waals surface area contributed by atoms with Gasteiger partial charge in [0.15, 0.2) is 0 Å². The number of aliphatic hydroxyl groups is 1. The summed E-state index contributed by atoms with van der Waals surface area (Å²) in [6, 6.07) is -0.909. The molecule has 0 saturated heterocycles. The van der Waals surface area contributed by atoms with Crippen LogP contribution >= 0.6 is 7.82 Å². The maximum Gasteiger partial charge on any atom is 0.469 e.